The van der Waals surface area contributed by atoms with Gasteiger partial charge in [-0.15, -0.1) is 0 Å². The summed E-state index contributed by atoms with van der Waals surface area (Å²) in [5.74, 6) is 1.67. The molecule has 0 aliphatic carbocycles. The minimum atomic E-state index is 0.373. The highest BCUT2D eigenvalue weighted by Gasteiger charge is 2.18. The molecule has 0 aliphatic rings. The molecule has 2 unspecified atom stereocenters. The van der Waals surface area contributed by atoms with Crippen molar-refractivity contribution in [2.45, 2.75) is 46.1 Å². The van der Waals surface area contributed by atoms with E-state index in [2.05, 4.69) is 54.2 Å². The summed E-state index contributed by atoms with van der Waals surface area (Å²) < 4.78 is 6.59. The molecule has 0 fully saturated rings. The van der Waals surface area contributed by atoms with E-state index in [1.165, 1.54) is 12.0 Å². The van der Waals surface area contributed by atoms with E-state index in [0.29, 0.717) is 12.0 Å². The lowest BCUT2D eigenvalue weighted by atomic mass is 9.93. The molecule has 0 saturated heterocycles. The Morgan fingerprint density at radius 1 is 1.32 bits per heavy atom. The second kappa shape index (κ2) is 8.60. The minimum Gasteiger partial charge on any atom is -0.496 e. The number of methoxy groups -OCH3 is 1. The fourth-order valence-electron chi connectivity index (χ4n) is 2.18. The van der Waals surface area contributed by atoms with E-state index in [0.717, 1.165) is 29.6 Å². The number of hydrogen-bond acceptors (Lipinski definition) is 2. The van der Waals surface area contributed by atoms with E-state index in [4.69, 9.17) is 4.74 Å². The number of ether oxygens (including phenoxy) is 1. The van der Waals surface area contributed by atoms with Gasteiger partial charge in [0, 0.05) is 16.1 Å². The highest BCUT2D eigenvalue weighted by atomic mass is 79.9. The Morgan fingerprint density at radius 2 is 2.05 bits per heavy atom. The molecule has 1 aromatic rings. The zero-order valence-electron chi connectivity index (χ0n) is 12.5. The van der Waals surface area contributed by atoms with Gasteiger partial charge in [-0.25, -0.2) is 0 Å². The molecule has 0 bridgehead atoms. The maximum atomic E-state index is 5.53. The van der Waals surface area contributed by atoms with Crippen molar-refractivity contribution in [3.63, 3.8) is 0 Å². The second-order valence-corrected chi connectivity index (χ2v) is 6.06. The lowest BCUT2D eigenvalue weighted by molar-refractivity contribution is 0.370. The van der Waals surface area contributed by atoms with E-state index in [-0.39, 0.29) is 0 Å². The van der Waals surface area contributed by atoms with E-state index in [1.54, 1.807) is 7.11 Å². The first kappa shape index (κ1) is 16.5. The Balaban J connectivity index is 2.94. The van der Waals surface area contributed by atoms with Crippen LogP contribution in [-0.4, -0.2) is 13.7 Å². The van der Waals surface area contributed by atoms with Crippen LogP contribution in [0, 0.1) is 5.92 Å². The minimum absolute atomic E-state index is 0.373. The van der Waals surface area contributed by atoms with Gasteiger partial charge in [0.15, 0.2) is 0 Å². The number of halogens is 1. The maximum absolute atomic E-state index is 5.53. The van der Waals surface area contributed by atoms with Crippen molar-refractivity contribution in [1.29, 1.82) is 0 Å². The predicted octanol–water partition coefficient (Wildman–Crippen LogP) is 4.93. The van der Waals surface area contributed by atoms with Gasteiger partial charge in [0.25, 0.3) is 0 Å². The Hall–Kier alpha value is -0.540. The van der Waals surface area contributed by atoms with Crippen LogP contribution in [0.5, 0.6) is 5.75 Å². The Bertz CT molecular complexity index is 381. The molecule has 0 aliphatic heterocycles. The molecule has 2 atom stereocenters. The van der Waals surface area contributed by atoms with Crippen molar-refractivity contribution >= 4 is 15.9 Å². The average Bonchev–Trinajstić information content (AvgIpc) is 2.43. The smallest absolute Gasteiger partial charge is 0.124 e. The van der Waals surface area contributed by atoms with Crippen LogP contribution < -0.4 is 10.1 Å². The van der Waals surface area contributed by atoms with E-state index in [1.807, 2.05) is 6.07 Å². The average molecular weight is 328 g/mol. The summed E-state index contributed by atoms with van der Waals surface area (Å²) in [6.07, 6.45) is 3.51. The summed E-state index contributed by atoms with van der Waals surface area (Å²) >= 11 is 3.50. The molecule has 0 radical (unpaired) electrons. The fourth-order valence-corrected chi connectivity index (χ4v) is 2.52. The molecule has 2 nitrogen and oxygen atoms in total. The second-order valence-electron chi connectivity index (χ2n) is 5.14. The van der Waals surface area contributed by atoms with Gasteiger partial charge in [0.2, 0.25) is 0 Å². The lowest BCUT2D eigenvalue weighted by Crippen LogP contribution is -2.24. The van der Waals surface area contributed by atoms with Crippen LogP contribution in [0.3, 0.4) is 0 Å². The van der Waals surface area contributed by atoms with Gasteiger partial charge >= 0.3 is 0 Å². The van der Waals surface area contributed by atoms with Crippen LogP contribution in [0.4, 0.5) is 0 Å². The molecule has 0 amide bonds. The highest BCUT2D eigenvalue weighted by Crippen LogP contribution is 2.32. The summed E-state index contributed by atoms with van der Waals surface area (Å²) in [4.78, 5) is 0. The standard InChI is InChI=1S/C16H26BrNO/c1-5-9-18-15(10-12(3)6-2)14-8-7-13(17)11-16(14)19-4/h7-8,11-12,15,18H,5-6,9-10H2,1-4H3. The Kier molecular flexibility index (Phi) is 7.47. The summed E-state index contributed by atoms with van der Waals surface area (Å²) in [6, 6.07) is 6.68. The summed E-state index contributed by atoms with van der Waals surface area (Å²) in [5, 5.41) is 3.65. The third-order valence-corrected chi connectivity index (χ3v) is 4.04. The number of nitrogens with one attached hydrogen (secondary N) is 1. The van der Waals surface area contributed by atoms with Gasteiger partial charge in [0.1, 0.15) is 5.75 Å². The molecule has 0 aromatic heterocycles. The number of rotatable bonds is 8. The largest absolute Gasteiger partial charge is 0.496 e. The van der Waals surface area contributed by atoms with Crippen LogP contribution in [-0.2, 0) is 0 Å². The Labute approximate surface area is 126 Å². The molecule has 1 rings (SSSR count). The van der Waals surface area contributed by atoms with Gasteiger partial charge in [-0.3, -0.25) is 0 Å². The number of hydrogen-bond donors (Lipinski definition) is 1. The molecule has 0 heterocycles. The zero-order chi connectivity index (χ0) is 14.3. The normalized spacial score (nSPS) is 14.2. The molecular weight excluding hydrogens is 302 g/mol. The van der Waals surface area contributed by atoms with Crippen LogP contribution in [0.2, 0.25) is 0 Å². The first-order chi connectivity index (χ1) is 9.12. The lowest BCUT2D eigenvalue weighted by Gasteiger charge is -2.24. The third kappa shape index (κ3) is 5.15. The molecular formula is C16H26BrNO. The molecule has 108 valence electrons. The predicted molar refractivity (Wildman–Crippen MR) is 85.8 cm³/mol. The van der Waals surface area contributed by atoms with E-state index >= 15 is 0 Å². The van der Waals surface area contributed by atoms with Crippen LogP contribution >= 0.6 is 15.9 Å². The number of benzene rings is 1. The van der Waals surface area contributed by atoms with Gasteiger partial charge in [0.05, 0.1) is 7.11 Å². The summed E-state index contributed by atoms with van der Waals surface area (Å²) in [7, 11) is 1.74. The van der Waals surface area contributed by atoms with Crippen molar-refractivity contribution in [2.24, 2.45) is 5.92 Å². The third-order valence-electron chi connectivity index (χ3n) is 3.55. The zero-order valence-corrected chi connectivity index (χ0v) is 14.1. The van der Waals surface area contributed by atoms with Gasteiger partial charge in [-0.05, 0) is 37.4 Å². The first-order valence-corrected chi connectivity index (χ1v) is 7.98. The van der Waals surface area contributed by atoms with Gasteiger partial charge in [-0.1, -0.05) is 49.2 Å². The van der Waals surface area contributed by atoms with Crippen molar-refractivity contribution in [3.05, 3.63) is 28.2 Å². The fraction of sp³-hybridized carbons (Fsp3) is 0.625. The molecule has 0 spiro atoms. The summed E-state index contributed by atoms with van der Waals surface area (Å²) in [5.41, 5.74) is 1.26. The molecule has 1 N–H and O–H groups in total. The summed E-state index contributed by atoms with van der Waals surface area (Å²) in [6.45, 7) is 7.80. The van der Waals surface area contributed by atoms with Gasteiger partial charge in [-0.2, -0.15) is 0 Å². The van der Waals surface area contributed by atoms with Crippen LogP contribution in [0.1, 0.15) is 51.6 Å². The quantitative estimate of drug-likeness (QED) is 0.730. The SMILES string of the molecule is CCCNC(CC(C)CC)c1ccc(Br)cc1OC. The van der Waals surface area contributed by atoms with Crippen molar-refractivity contribution in [1.82, 2.24) is 5.32 Å². The highest BCUT2D eigenvalue weighted by molar-refractivity contribution is 9.10. The van der Waals surface area contributed by atoms with Crippen molar-refractivity contribution in [3.8, 4) is 5.75 Å². The van der Waals surface area contributed by atoms with Gasteiger partial charge < -0.3 is 10.1 Å². The Morgan fingerprint density at radius 3 is 2.63 bits per heavy atom. The maximum Gasteiger partial charge on any atom is 0.124 e. The topological polar surface area (TPSA) is 21.3 Å². The monoisotopic (exact) mass is 327 g/mol. The molecule has 1 aromatic carbocycles. The molecule has 0 saturated carbocycles. The van der Waals surface area contributed by atoms with Crippen molar-refractivity contribution < 1.29 is 4.74 Å². The van der Waals surface area contributed by atoms with E-state index in [9.17, 15) is 0 Å². The first-order valence-electron chi connectivity index (χ1n) is 7.19. The van der Waals surface area contributed by atoms with Crippen LogP contribution in [0.25, 0.3) is 0 Å². The molecule has 19 heavy (non-hydrogen) atoms. The molecule has 3 heteroatoms. The van der Waals surface area contributed by atoms with Crippen molar-refractivity contribution in [2.75, 3.05) is 13.7 Å². The van der Waals surface area contributed by atoms with E-state index < -0.39 is 0 Å². The van der Waals surface area contributed by atoms with Crippen LogP contribution in [0.15, 0.2) is 22.7 Å².